The molecule has 0 amide bonds. The summed E-state index contributed by atoms with van der Waals surface area (Å²) in [4.78, 5) is 2.70. The summed E-state index contributed by atoms with van der Waals surface area (Å²) in [5.41, 5.74) is 0. The van der Waals surface area contributed by atoms with Crippen LogP contribution in [0.5, 0.6) is 0 Å². The highest BCUT2D eigenvalue weighted by Gasteiger charge is 2.28. The molecule has 0 aromatic heterocycles. The molecule has 2 fully saturated rings. The second-order valence-corrected chi connectivity index (χ2v) is 4.92. The minimum absolute atomic E-state index is 0.699. The summed E-state index contributed by atoms with van der Waals surface area (Å²) < 4.78 is 0. The molecule has 1 saturated carbocycles. The Morgan fingerprint density at radius 1 is 1.23 bits per heavy atom. The third kappa shape index (κ3) is 2.23. The van der Waals surface area contributed by atoms with Crippen molar-refractivity contribution in [2.45, 2.75) is 45.2 Å². The summed E-state index contributed by atoms with van der Waals surface area (Å²) in [6.45, 7) is 8.40. The molecule has 0 bridgehead atoms. The summed E-state index contributed by atoms with van der Waals surface area (Å²) in [5, 5.41) is 3.50. The molecule has 13 heavy (non-hydrogen) atoms. The Hall–Kier alpha value is -0.0800. The lowest BCUT2D eigenvalue weighted by Gasteiger charge is -2.36. The van der Waals surface area contributed by atoms with Gasteiger partial charge in [0.05, 0.1) is 0 Å². The third-order valence-corrected chi connectivity index (χ3v) is 3.58. The second kappa shape index (κ2) is 3.97. The Morgan fingerprint density at radius 3 is 2.69 bits per heavy atom. The van der Waals surface area contributed by atoms with Crippen molar-refractivity contribution in [3.05, 3.63) is 0 Å². The quantitative estimate of drug-likeness (QED) is 0.660. The van der Waals surface area contributed by atoms with E-state index in [2.05, 4.69) is 24.1 Å². The number of hydrogen-bond acceptors (Lipinski definition) is 2. The van der Waals surface area contributed by atoms with Crippen LogP contribution in [-0.2, 0) is 0 Å². The topological polar surface area (TPSA) is 15.3 Å². The van der Waals surface area contributed by atoms with Crippen LogP contribution in [-0.4, -0.2) is 36.6 Å². The Labute approximate surface area is 81.7 Å². The van der Waals surface area contributed by atoms with Crippen LogP contribution in [0.4, 0.5) is 0 Å². The molecule has 0 aromatic rings. The Bertz CT molecular complexity index is 169. The van der Waals surface area contributed by atoms with Crippen molar-refractivity contribution in [1.82, 2.24) is 10.2 Å². The van der Waals surface area contributed by atoms with E-state index in [-0.39, 0.29) is 0 Å². The average Bonchev–Trinajstić information content (AvgIpc) is 2.52. The molecule has 2 unspecified atom stereocenters. The minimum Gasteiger partial charge on any atom is -0.312 e. The monoisotopic (exact) mass is 182 g/mol. The molecule has 1 aliphatic carbocycles. The van der Waals surface area contributed by atoms with Gasteiger partial charge in [-0.05, 0) is 32.1 Å². The average molecular weight is 182 g/mol. The van der Waals surface area contributed by atoms with Gasteiger partial charge < -0.3 is 5.32 Å². The first kappa shape index (κ1) is 9.47. The molecule has 0 spiro atoms. The van der Waals surface area contributed by atoms with Crippen molar-refractivity contribution in [3.8, 4) is 0 Å². The lowest BCUT2D eigenvalue weighted by atomic mass is 10.1. The minimum atomic E-state index is 0.699. The smallest absolute Gasteiger partial charge is 0.0167 e. The number of piperazine rings is 1. The highest BCUT2D eigenvalue weighted by molar-refractivity contribution is 4.85. The van der Waals surface area contributed by atoms with Crippen LogP contribution in [0.15, 0.2) is 0 Å². The lowest BCUT2D eigenvalue weighted by molar-refractivity contribution is 0.148. The molecule has 3 atom stereocenters. The van der Waals surface area contributed by atoms with Crippen LogP contribution in [0.25, 0.3) is 0 Å². The summed E-state index contributed by atoms with van der Waals surface area (Å²) in [6, 6.07) is 1.60. The molecule has 0 aromatic carbocycles. The van der Waals surface area contributed by atoms with Gasteiger partial charge in [-0.2, -0.15) is 0 Å². The van der Waals surface area contributed by atoms with E-state index in [0.29, 0.717) is 6.04 Å². The van der Waals surface area contributed by atoms with Crippen molar-refractivity contribution in [1.29, 1.82) is 0 Å². The van der Waals surface area contributed by atoms with E-state index < -0.39 is 0 Å². The standard InChI is InChI=1S/C11H22N2/c1-9-3-4-11(7-9)13-6-5-12-10(2)8-13/h9-12H,3-8H2,1-2H3/t9?,10-,11?/m1/s1. The highest BCUT2D eigenvalue weighted by atomic mass is 15.2. The fourth-order valence-corrected chi connectivity index (χ4v) is 2.80. The fourth-order valence-electron chi connectivity index (χ4n) is 2.80. The summed E-state index contributed by atoms with van der Waals surface area (Å²) in [7, 11) is 0. The van der Waals surface area contributed by atoms with Crippen molar-refractivity contribution in [2.24, 2.45) is 5.92 Å². The molecule has 2 aliphatic rings. The fraction of sp³-hybridized carbons (Fsp3) is 1.00. The van der Waals surface area contributed by atoms with Gasteiger partial charge in [-0.15, -0.1) is 0 Å². The Morgan fingerprint density at radius 2 is 2.08 bits per heavy atom. The summed E-state index contributed by atoms with van der Waals surface area (Å²) >= 11 is 0. The zero-order valence-corrected chi connectivity index (χ0v) is 8.92. The van der Waals surface area contributed by atoms with Gasteiger partial charge in [0, 0.05) is 31.7 Å². The molecule has 2 heteroatoms. The number of hydrogen-bond donors (Lipinski definition) is 1. The van der Waals surface area contributed by atoms with Crippen molar-refractivity contribution in [3.63, 3.8) is 0 Å². The second-order valence-electron chi connectivity index (χ2n) is 4.92. The molecule has 1 aliphatic heterocycles. The molecule has 1 heterocycles. The number of rotatable bonds is 1. The van der Waals surface area contributed by atoms with Crippen LogP contribution in [0.3, 0.4) is 0 Å². The maximum absolute atomic E-state index is 3.50. The predicted molar refractivity (Wildman–Crippen MR) is 55.8 cm³/mol. The number of nitrogens with zero attached hydrogens (tertiary/aromatic N) is 1. The predicted octanol–water partition coefficient (Wildman–Crippen LogP) is 1.47. The third-order valence-electron chi connectivity index (χ3n) is 3.58. The zero-order chi connectivity index (χ0) is 9.26. The van der Waals surface area contributed by atoms with Crippen molar-refractivity contribution < 1.29 is 0 Å². The van der Waals surface area contributed by atoms with Crippen LogP contribution in [0.1, 0.15) is 33.1 Å². The highest BCUT2D eigenvalue weighted by Crippen LogP contribution is 2.29. The first-order valence-electron chi connectivity index (χ1n) is 5.73. The van der Waals surface area contributed by atoms with Crippen LogP contribution >= 0.6 is 0 Å². The Kier molecular flexibility index (Phi) is 2.89. The summed E-state index contributed by atoms with van der Waals surface area (Å²) in [6.07, 6.45) is 4.32. The van der Waals surface area contributed by atoms with Gasteiger partial charge >= 0.3 is 0 Å². The van der Waals surface area contributed by atoms with Crippen molar-refractivity contribution >= 4 is 0 Å². The molecule has 2 nitrogen and oxygen atoms in total. The van der Waals surface area contributed by atoms with Gasteiger partial charge in [0.15, 0.2) is 0 Å². The maximum Gasteiger partial charge on any atom is 0.0167 e. The van der Waals surface area contributed by atoms with Gasteiger partial charge in [0.2, 0.25) is 0 Å². The van der Waals surface area contributed by atoms with E-state index in [1.54, 1.807) is 0 Å². The van der Waals surface area contributed by atoms with Gasteiger partial charge in [-0.25, -0.2) is 0 Å². The molecular weight excluding hydrogens is 160 g/mol. The van der Waals surface area contributed by atoms with Gasteiger partial charge in [0.1, 0.15) is 0 Å². The summed E-state index contributed by atoms with van der Waals surface area (Å²) in [5.74, 6) is 0.968. The first-order valence-corrected chi connectivity index (χ1v) is 5.73. The van der Waals surface area contributed by atoms with Crippen LogP contribution < -0.4 is 5.32 Å². The van der Waals surface area contributed by atoms with Gasteiger partial charge in [0.25, 0.3) is 0 Å². The molecule has 2 rings (SSSR count). The van der Waals surface area contributed by atoms with Gasteiger partial charge in [-0.1, -0.05) is 6.92 Å². The number of nitrogens with one attached hydrogen (secondary N) is 1. The maximum atomic E-state index is 3.50. The Balaban J connectivity index is 1.85. The van der Waals surface area contributed by atoms with E-state index >= 15 is 0 Å². The molecule has 76 valence electrons. The van der Waals surface area contributed by atoms with Gasteiger partial charge in [-0.3, -0.25) is 4.90 Å². The molecular formula is C11H22N2. The van der Waals surface area contributed by atoms with Crippen LogP contribution in [0.2, 0.25) is 0 Å². The van der Waals surface area contributed by atoms with Crippen molar-refractivity contribution in [2.75, 3.05) is 19.6 Å². The lowest BCUT2D eigenvalue weighted by Crippen LogP contribution is -2.52. The normalized spacial score (nSPS) is 42.5. The molecule has 1 N–H and O–H groups in total. The van der Waals surface area contributed by atoms with E-state index in [9.17, 15) is 0 Å². The van der Waals surface area contributed by atoms with E-state index in [4.69, 9.17) is 0 Å². The van der Waals surface area contributed by atoms with E-state index in [0.717, 1.165) is 12.0 Å². The SMILES string of the molecule is CC1CCC(N2CCN[C@H](C)C2)C1. The van der Waals surface area contributed by atoms with E-state index in [1.165, 1.54) is 38.9 Å². The van der Waals surface area contributed by atoms with Crippen LogP contribution in [0, 0.1) is 5.92 Å². The zero-order valence-electron chi connectivity index (χ0n) is 8.92. The molecule has 0 radical (unpaired) electrons. The molecule has 1 saturated heterocycles. The largest absolute Gasteiger partial charge is 0.312 e. The van der Waals surface area contributed by atoms with E-state index in [1.807, 2.05) is 0 Å². The first-order chi connectivity index (χ1) is 6.25.